The average molecular weight is 272 g/mol. The van der Waals surface area contributed by atoms with Crippen LogP contribution in [0.3, 0.4) is 0 Å². The Kier molecular flexibility index (Phi) is 3.76. The number of alkyl halides is 1. The lowest BCUT2D eigenvalue weighted by Crippen LogP contribution is -2.10. The predicted octanol–water partition coefficient (Wildman–Crippen LogP) is 3.46. The third kappa shape index (κ3) is 2.79. The molecule has 1 saturated heterocycles. The summed E-state index contributed by atoms with van der Waals surface area (Å²) in [5.74, 6) is 0.493. The molecule has 0 aromatic heterocycles. The van der Waals surface area contributed by atoms with Gasteiger partial charge < -0.3 is 5.32 Å². The molecule has 0 amide bonds. The minimum absolute atomic E-state index is 0.493. The zero-order chi connectivity index (χ0) is 10.7. The van der Waals surface area contributed by atoms with E-state index in [4.69, 9.17) is 0 Å². The predicted molar refractivity (Wildman–Crippen MR) is 63.6 cm³/mol. The van der Waals surface area contributed by atoms with E-state index in [0.29, 0.717) is 12.3 Å². The fraction of sp³-hybridized carbons (Fsp3) is 0.500. The zero-order valence-electron chi connectivity index (χ0n) is 8.55. The van der Waals surface area contributed by atoms with Crippen LogP contribution < -0.4 is 5.32 Å². The molecule has 1 aromatic carbocycles. The summed E-state index contributed by atoms with van der Waals surface area (Å²) >= 11 is 3.39. The van der Waals surface area contributed by atoms with Gasteiger partial charge in [0.15, 0.2) is 0 Å². The van der Waals surface area contributed by atoms with Crippen LogP contribution in [0.25, 0.3) is 0 Å². The molecule has 82 valence electrons. The molecule has 2 unspecified atom stereocenters. The van der Waals surface area contributed by atoms with Gasteiger partial charge in [-0.05, 0) is 37.9 Å². The maximum atomic E-state index is 14.0. The number of hydrogen-bond donors (Lipinski definition) is 1. The molecule has 1 heterocycles. The quantitative estimate of drug-likeness (QED) is 0.888. The van der Waals surface area contributed by atoms with E-state index >= 15 is 0 Å². The molecule has 1 aromatic rings. The first kappa shape index (κ1) is 11.1. The molecule has 2 rings (SSSR count). The smallest absolute Gasteiger partial charge is 0.127 e. The van der Waals surface area contributed by atoms with Crippen molar-refractivity contribution in [2.24, 2.45) is 5.92 Å². The molecule has 0 bridgehead atoms. The Morgan fingerprint density at radius 3 is 2.93 bits per heavy atom. The van der Waals surface area contributed by atoms with Gasteiger partial charge in [-0.3, -0.25) is 0 Å². The van der Waals surface area contributed by atoms with Crippen molar-refractivity contribution in [2.45, 2.75) is 19.0 Å². The van der Waals surface area contributed by atoms with E-state index in [0.717, 1.165) is 29.5 Å². The zero-order valence-corrected chi connectivity index (χ0v) is 10.1. The summed E-state index contributed by atoms with van der Waals surface area (Å²) in [5.41, 5.74) is 0.782. The Balaban J connectivity index is 2.00. The van der Waals surface area contributed by atoms with Crippen LogP contribution >= 0.6 is 15.9 Å². The van der Waals surface area contributed by atoms with Gasteiger partial charge in [-0.15, -0.1) is 0 Å². The minimum Gasteiger partial charge on any atom is -0.316 e. The SMILES string of the molecule is FC(CC1CCNC1)c1ccccc1Br. The standard InChI is InChI=1S/C12H15BrFN/c13-11-4-2-1-3-10(11)12(14)7-9-5-6-15-8-9/h1-4,9,12,15H,5-8H2. The molecule has 1 aliphatic rings. The second kappa shape index (κ2) is 5.08. The highest BCUT2D eigenvalue weighted by molar-refractivity contribution is 9.10. The first-order valence-electron chi connectivity index (χ1n) is 5.36. The lowest BCUT2D eigenvalue weighted by atomic mass is 9.97. The maximum Gasteiger partial charge on any atom is 0.127 e. The summed E-state index contributed by atoms with van der Waals surface area (Å²) in [5, 5.41) is 3.27. The topological polar surface area (TPSA) is 12.0 Å². The fourth-order valence-corrected chi connectivity index (χ4v) is 2.60. The van der Waals surface area contributed by atoms with Gasteiger partial charge in [0, 0.05) is 10.0 Å². The van der Waals surface area contributed by atoms with Crippen molar-refractivity contribution in [3.63, 3.8) is 0 Å². The largest absolute Gasteiger partial charge is 0.316 e. The van der Waals surface area contributed by atoms with E-state index in [1.807, 2.05) is 24.3 Å². The van der Waals surface area contributed by atoms with Crippen LogP contribution in [0.5, 0.6) is 0 Å². The van der Waals surface area contributed by atoms with Gasteiger partial charge in [0.25, 0.3) is 0 Å². The number of benzene rings is 1. The maximum absolute atomic E-state index is 14.0. The summed E-state index contributed by atoms with van der Waals surface area (Å²) in [6, 6.07) is 7.56. The minimum atomic E-state index is -0.842. The molecule has 0 aliphatic carbocycles. The number of halogens is 2. The van der Waals surface area contributed by atoms with Crippen molar-refractivity contribution in [1.82, 2.24) is 5.32 Å². The Labute approximate surface area is 98.2 Å². The number of rotatable bonds is 3. The highest BCUT2D eigenvalue weighted by Gasteiger charge is 2.21. The van der Waals surface area contributed by atoms with E-state index in [2.05, 4.69) is 21.2 Å². The summed E-state index contributed by atoms with van der Waals surface area (Å²) in [6.07, 6.45) is 0.894. The van der Waals surface area contributed by atoms with Crippen molar-refractivity contribution in [3.8, 4) is 0 Å². The van der Waals surface area contributed by atoms with Crippen LogP contribution in [0.4, 0.5) is 4.39 Å². The molecular weight excluding hydrogens is 257 g/mol. The van der Waals surface area contributed by atoms with Gasteiger partial charge in [0.1, 0.15) is 6.17 Å². The van der Waals surface area contributed by atoms with Crippen LogP contribution in [0.2, 0.25) is 0 Å². The van der Waals surface area contributed by atoms with Gasteiger partial charge in [-0.25, -0.2) is 4.39 Å². The van der Waals surface area contributed by atoms with Crippen LogP contribution in [-0.4, -0.2) is 13.1 Å². The second-order valence-electron chi connectivity index (χ2n) is 4.08. The third-order valence-electron chi connectivity index (χ3n) is 2.95. The van der Waals surface area contributed by atoms with Gasteiger partial charge in [0.2, 0.25) is 0 Å². The molecule has 15 heavy (non-hydrogen) atoms. The molecule has 1 aliphatic heterocycles. The molecule has 1 N–H and O–H groups in total. The van der Waals surface area contributed by atoms with Gasteiger partial charge in [-0.2, -0.15) is 0 Å². The van der Waals surface area contributed by atoms with Crippen LogP contribution in [-0.2, 0) is 0 Å². The first-order chi connectivity index (χ1) is 7.27. The Morgan fingerprint density at radius 2 is 2.27 bits per heavy atom. The lowest BCUT2D eigenvalue weighted by Gasteiger charge is -2.14. The second-order valence-corrected chi connectivity index (χ2v) is 4.94. The van der Waals surface area contributed by atoms with Gasteiger partial charge >= 0.3 is 0 Å². The summed E-state index contributed by atoms with van der Waals surface area (Å²) in [6.45, 7) is 2.00. The fourth-order valence-electron chi connectivity index (χ4n) is 2.06. The monoisotopic (exact) mass is 271 g/mol. The molecule has 0 spiro atoms. The first-order valence-corrected chi connectivity index (χ1v) is 6.16. The molecule has 0 saturated carbocycles. The molecule has 0 radical (unpaired) electrons. The summed E-state index contributed by atoms with van der Waals surface area (Å²) in [7, 11) is 0. The van der Waals surface area contributed by atoms with Crippen molar-refractivity contribution in [2.75, 3.05) is 13.1 Å². The molecule has 3 heteroatoms. The van der Waals surface area contributed by atoms with Crippen LogP contribution in [0.15, 0.2) is 28.7 Å². The van der Waals surface area contributed by atoms with Gasteiger partial charge in [0.05, 0.1) is 0 Å². The van der Waals surface area contributed by atoms with Gasteiger partial charge in [-0.1, -0.05) is 34.1 Å². The van der Waals surface area contributed by atoms with Crippen LogP contribution in [0.1, 0.15) is 24.6 Å². The highest BCUT2D eigenvalue weighted by Crippen LogP contribution is 2.32. The van der Waals surface area contributed by atoms with E-state index in [9.17, 15) is 4.39 Å². The molecule has 2 atom stereocenters. The molecular formula is C12H15BrFN. The van der Waals surface area contributed by atoms with E-state index < -0.39 is 6.17 Å². The van der Waals surface area contributed by atoms with E-state index in [1.165, 1.54) is 0 Å². The Hall–Kier alpha value is -0.410. The summed E-state index contributed by atoms with van der Waals surface area (Å²) in [4.78, 5) is 0. The third-order valence-corrected chi connectivity index (χ3v) is 3.67. The Bertz CT molecular complexity index is 323. The van der Waals surface area contributed by atoms with E-state index in [-0.39, 0.29) is 0 Å². The number of hydrogen-bond acceptors (Lipinski definition) is 1. The Morgan fingerprint density at radius 1 is 1.47 bits per heavy atom. The van der Waals surface area contributed by atoms with Crippen molar-refractivity contribution in [1.29, 1.82) is 0 Å². The van der Waals surface area contributed by atoms with Crippen molar-refractivity contribution in [3.05, 3.63) is 34.3 Å². The van der Waals surface area contributed by atoms with Crippen molar-refractivity contribution < 1.29 is 4.39 Å². The average Bonchev–Trinajstić information content (AvgIpc) is 2.71. The summed E-state index contributed by atoms with van der Waals surface area (Å²) < 4.78 is 14.9. The number of nitrogens with one attached hydrogen (secondary N) is 1. The van der Waals surface area contributed by atoms with E-state index in [1.54, 1.807) is 0 Å². The molecule has 1 nitrogen and oxygen atoms in total. The molecule has 1 fully saturated rings. The lowest BCUT2D eigenvalue weighted by molar-refractivity contribution is 0.280. The van der Waals surface area contributed by atoms with Crippen LogP contribution in [0, 0.1) is 5.92 Å². The highest BCUT2D eigenvalue weighted by atomic mass is 79.9. The van der Waals surface area contributed by atoms with Crippen molar-refractivity contribution >= 4 is 15.9 Å². The normalized spacial score (nSPS) is 22.9.